The van der Waals surface area contributed by atoms with Gasteiger partial charge in [-0.2, -0.15) is 5.10 Å². The molecule has 1 aliphatic carbocycles. The molecule has 0 radical (unpaired) electrons. The Morgan fingerprint density at radius 1 is 0.759 bits per heavy atom. The van der Waals surface area contributed by atoms with Crippen LogP contribution in [0.15, 0.2) is 40.8 Å². The first-order valence-corrected chi connectivity index (χ1v) is 20.1. The zero-order chi connectivity index (χ0) is 41.6. The molecule has 328 valence electrons. The molecule has 1 aliphatic heterocycles. The number of rotatable bonds is 32. The van der Waals surface area contributed by atoms with E-state index in [9.17, 15) is 9.59 Å². The first kappa shape index (κ1) is 48.2. The van der Waals surface area contributed by atoms with Gasteiger partial charge in [0.05, 0.1) is 117 Å². The summed E-state index contributed by atoms with van der Waals surface area (Å²) < 4.78 is 43.3. The SMILES string of the molecule is COc1cccc(/C=C/C2=C(C(/N)=N\N)NC(C3CCC(C(=O)NCCOCCOCCNC(=O)CCOCCOCCOCCOCCOCCN)CC3)N2)c1N. The number of nitrogen functional groups attached to an aromatic ring is 1. The summed E-state index contributed by atoms with van der Waals surface area (Å²) in [7, 11) is 1.58. The number of hydrogen-bond donors (Lipinski definition) is 8. The molecule has 12 N–H and O–H groups in total. The first-order valence-electron chi connectivity index (χ1n) is 20.1. The van der Waals surface area contributed by atoms with Crippen LogP contribution in [0.4, 0.5) is 5.69 Å². The van der Waals surface area contributed by atoms with Gasteiger partial charge < -0.3 is 82.2 Å². The van der Waals surface area contributed by atoms with Crippen molar-refractivity contribution in [1.29, 1.82) is 0 Å². The maximum Gasteiger partial charge on any atom is 0.223 e. The number of hydrogen-bond acceptors (Lipinski definition) is 16. The Morgan fingerprint density at radius 3 is 1.88 bits per heavy atom. The third-order valence-corrected chi connectivity index (χ3v) is 9.35. The van der Waals surface area contributed by atoms with Gasteiger partial charge in [0.25, 0.3) is 0 Å². The standard InChI is InChI=1S/C39H67N9O10/c1-51-33-4-2-3-29(35(33)41)9-10-32-36(37(42)48-43)47-38(46-32)30-5-7-31(8-6-30)39(50)45-14-18-55-22-21-54-17-13-44-34(49)11-15-52-19-23-56-25-27-58-28-26-57-24-20-53-16-12-40/h2-4,9-10,30-31,38,46-47H,5-8,11-28,40-41,43H2,1H3,(H2,42,48)(H,44,49)(H,45,50)/b10-9+. The molecule has 2 amide bonds. The highest BCUT2D eigenvalue weighted by molar-refractivity contribution is 5.98. The number of nitrogens with zero attached hydrogens (tertiary/aromatic N) is 1. The van der Waals surface area contributed by atoms with E-state index in [4.69, 9.17) is 60.9 Å². The van der Waals surface area contributed by atoms with Gasteiger partial charge in [-0.1, -0.05) is 18.2 Å². The Hall–Kier alpha value is -4.21. The number of hydrazone groups is 1. The van der Waals surface area contributed by atoms with Crippen molar-refractivity contribution >= 4 is 29.4 Å². The summed E-state index contributed by atoms with van der Waals surface area (Å²) in [5, 5.41) is 16.4. The first-order chi connectivity index (χ1) is 28.4. The second kappa shape index (κ2) is 29.9. The number of carbonyl (C=O) groups excluding carboxylic acids is 2. The van der Waals surface area contributed by atoms with Crippen molar-refractivity contribution in [3.8, 4) is 5.75 Å². The van der Waals surface area contributed by atoms with E-state index in [0.717, 1.165) is 36.9 Å². The molecule has 1 heterocycles. The molecule has 0 aromatic heterocycles. The van der Waals surface area contributed by atoms with Crippen LogP contribution >= 0.6 is 0 Å². The van der Waals surface area contributed by atoms with Crippen LogP contribution in [0, 0.1) is 11.8 Å². The Labute approximate surface area is 342 Å². The molecule has 0 saturated heterocycles. The number of methoxy groups -OCH3 is 1. The predicted molar refractivity (Wildman–Crippen MR) is 220 cm³/mol. The minimum Gasteiger partial charge on any atom is -0.495 e. The molecular formula is C39H67N9O10. The number of anilines is 1. The predicted octanol–water partition coefficient (Wildman–Crippen LogP) is -0.244. The fourth-order valence-corrected chi connectivity index (χ4v) is 6.22. The highest BCUT2D eigenvalue weighted by Gasteiger charge is 2.34. The van der Waals surface area contributed by atoms with Crippen LogP contribution < -0.4 is 49.0 Å². The van der Waals surface area contributed by atoms with Crippen LogP contribution in [0.5, 0.6) is 5.75 Å². The second-order valence-corrected chi connectivity index (χ2v) is 13.4. The molecule has 2 aliphatic rings. The Bertz CT molecular complexity index is 1410. The largest absolute Gasteiger partial charge is 0.495 e. The van der Waals surface area contributed by atoms with Crippen molar-refractivity contribution in [3.63, 3.8) is 0 Å². The summed E-state index contributed by atoms with van der Waals surface area (Å²) in [5.41, 5.74) is 20.4. The zero-order valence-corrected chi connectivity index (χ0v) is 34.0. The van der Waals surface area contributed by atoms with E-state index in [-0.39, 0.29) is 42.1 Å². The third kappa shape index (κ3) is 19.0. The monoisotopic (exact) mass is 822 g/mol. The molecule has 3 rings (SSSR count). The summed E-state index contributed by atoms with van der Waals surface area (Å²) in [5.74, 6) is 6.45. The maximum absolute atomic E-state index is 12.9. The normalized spacial score (nSPS) is 18.3. The molecule has 1 saturated carbocycles. The molecule has 1 atom stereocenters. The van der Waals surface area contributed by atoms with Gasteiger partial charge in [0.1, 0.15) is 11.4 Å². The number of benzene rings is 1. The Morgan fingerprint density at radius 2 is 1.31 bits per heavy atom. The van der Waals surface area contributed by atoms with Gasteiger partial charge in [0.15, 0.2) is 5.84 Å². The quantitative estimate of drug-likeness (QED) is 0.0116. The van der Waals surface area contributed by atoms with Crippen LogP contribution in [0.3, 0.4) is 0 Å². The highest BCUT2D eigenvalue weighted by Crippen LogP contribution is 2.33. The lowest BCUT2D eigenvalue weighted by Gasteiger charge is -2.32. The summed E-state index contributed by atoms with van der Waals surface area (Å²) in [6.07, 6.45) is 7.20. The lowest BCUT2D eigenvalue weighted by atomic mass is 9.80. The second-order valence-electron chi connectivity index (χ2n) is 13.4. The fraction of sp³-hybridized carbons (Fsp3) is 0.667. The average molecular weight is 822 g/mol. The van der Waals surface area contributed by atoms with Crippen molar-refractivity contribution in [3.05, 3.63) is 41.2 Å². The van der Waals surface area contributed by atoms with Crippen LogP contribution in [0.1, 0.15) is 37.7 Å². The number of nitrogens with one attached hydrogen (secondary N) is 4. The molecule has 0 bridgehead atoms. The smallest absolute Gasteiger partial charge is 0.223 e. The van der Waals surface area contributed by atoms with Gasteiger partial charge in [-0.15, -0.1) is 0 Å². The number of para-hydroxylation sites is 1. The van der Waals surface area contributed by atoms with E-state index in [1.807, 2.05) is 24.3 Å². The third-order valence-electron chi connectivity index (χ3n) is 9.35. The minimum absolute atomic E-state index is 0.0403. The maximum atomic E-state index is 12.9. The molecule has 58 heavy (non-hydrogen) atoms. The van der Waals surface area contributed by atoms with Crippen molar-refractivity contribution in [1.82, 2.24) is 21.3 Å². The summed E-state index contributed by atoms with van der Waals surface area (Å²) in [6.45, 7) is 7.47. The van der Waals surface area contributed by atoms with Crippen LogP contribution in [0.2, 0.25) is 0 Å². The summed E-state index contributed by atoms with van der Waals surface area (Å²) >= 11 is 0. The van der Waals surface area contributed by atoms with Crippen molar-refractivity contribution < 1.29 is 47.5 Å². The topological polar surface area (TPSA) is 273 Å². The van der Waals surface area contributed by atoms with E-state index in [2.05, 4.69) is 26.4 Å². The number of nitrogens with two attached hydrogens (primary N) is 4. The van der Waals surface area contributed by atoms with E-state index in [1.54, 1.807) is 13.2 Å². The zero-order valence-electron chi connectivity index (χ0n) is 34.0. The lowest BCUT2D eigenvalue weighted by molar-refractivity contribution is -0.126. The number of amidine groups is 1. The van der Waals surface area contributed by atoms with Crippen molar-refractivity contribution in [2.45, 2.75) is 38.3 Å². The van der Waals surface area contributed by atoms with E-state index >= 15 is 0 Å². The van der Waals surface area contributed by atoms with E-state index in [0.29, 0.717) is 129 Å². The summed E-state index contributed by atoms with van der Waals surface area (Å²) in [6, 6.07) is 5.58. The lowest BCUT2D eigenvalue weighted by Crippen LogP contribution is -2.44. The van der Waals surface area contributed by atoms with E-state index in [1.165, 1.54) is 0 Å². The van der Waals surface area contributed by atoms with Gasteiger partial charge >= 0.3 is 0 Å². The molecule has 19 nitrogen and oxygen atoms in total. The highest BCUT2D eigenvalue weighted by atomic mass is 16.6. The molecule has 1 fully saturated rings. The molecule has 1 aromatic rings. The fourth-order valence-electron chi connectivity index (χ4n) is 6.22. The van der Waals surface area contributed by atoms with Gasteiger partial charge in [-0.3, -0.25) is 9.59 Å². The van der Waals surface area contributed by atoms with Gasteiger partial charge in [0.2, 0.25) is 11.8 Å². The Balaban J connectivity index is 1.12. The van der Waals surface area contributed by atoms with Crippen LogP contribution in [-0.4, -0.2) is 143 Å². The van der Waals surface area contributed by atoms with Crippen molar-refractivity contribution in [2.75, 3.05) is 125 Å². The minimum atomic E-state index is -0.110. The summed E-state index contributed by atoms with van der Waals surface area (Å²) in [4.78, 5) is 24.8. The number of carbonyl (C=O) groups is 2. The molecule has 1 unspecified atom stereocenters. The van der Waals surface area contributed by atoms with Crippen LogP contribution in [0.25, 0.3) is 6.08 Å². The number of ether oxygens (including phenoxy) is 8. The molecular weight excluding hydrogens is 754 g/mol. The number of amides is 2. The molecule has 0 spiro atoms. The molecule has 1 aromatic carbocycles. The van der Waals surface area contributed by atoms with E-state index < -0.39 is 0 Å². The Kier molecular flexibility index (Phi) is 24.8. The number of allylic oxidation sites excluding steroid dienone is 1. The molecule has 19 heteroatoms. The van der Waals surface area contributed by atoms with Gasteiger partial charge in [-0.05, 0) is 43.7 Å². The van der Waals surface area contributed by atoms with Gasteiger partial charge in [0, 0.05) is 37.5 Å². The van der Waals surface area contributed by atoms with Crippen LogP contribution in [-0.2, 0) is 42.7 Å². The average Bonchev–Trinajstić information content (AvgIpc) is 3.67. The van der Waals surface area contributed by atoms with Crippen molar-refractivity contribution in [2.24, 2.45) is 34.2 Å². The van der Waals surface area contributed by atoms with Gasteiger partial charge in [-0.25, -0.2) is 0 Å².